The van der Waals surface area contributed by atoms with Gasteiger partial charge in [0.2, 0.25) is 0 Å². The minimum absolute atomic E-state index is 0.833. The van der Waals surface area contributed by atoms with Crippen LogP contribution in [0.2, 0.25) is 0 Å². The maximum absolute atomic E-state index is 5.31. The number of nitrogens with zero attached hydrogens (tertiary/aromatic N) is 2. The van der Waals surface area contributed by atoms with Crippen molar-refractivity contribution in [2.45, 2.75) is 6.92 Å². The topological polar surface area (TPSA) is 27.1 Å². The van der Waals surface area contributed by atoms with Crippen molar-refractivity contribution in [2.75, 3.05) is 7.11 Å². The molecular formula is C11H11BrN2O. The Bertz CT molecular complexity index is 460. The highest BCUT2D eigenvalue weighted by Gasteiger charge is 2.10. The average molecular weight is 267 g/mol. The van der Waals surface area contributed by atoms with Crippen molar-refractivity contribution in [2.24, 2.45) is 0 Å². The van der Waals surface area contributed by atoms with Gasteiger partial charge in [0.15, 0.2) is 0 Å². The fourth-order valence-electron chi connectivity index (χ4n) is 1.52. The van der Waals surface area contributed by atoms with Crippen molar-refractivity contribution in [3.63, 3.8) is 0 Å². The molecule has 2 rings (SSSR count). The Morgan fingerprint density at radius 3 is 2.67 bits per heavy atom. The summed E-state index contributed by atoms with van der Waals surface area (Å²) in [6, 6.07) is 7.85. The number of ether oxygens (including phenoxy) is 1. The summed E-state index contributed by atoms with van der Waals surface area (Å²) in [6.07, 6.45) is 1.78. The molecule has 1 heterocycles. The van der Waals surface area contributed by atoms with Crippen LogP contribution in [-0.4, -0.2) is 16.7 Å². The molecular weight excluding hydrogens is 256 g/mol. The van der Waals surface area contributed by atoms with E-state index in [0.717, 1.165) is 21.9 Å². The van der Waals surface area contributed by atoms with Crippen LogP contribution in [0.5, 0.6) is 5.75 Å². The normalized spacial score (nSPS) is 10.3. The highest BCUT2D eigenvalue weighted by molar-refractivity contribution is 9.10. The van der Waals surface area contributed by atoms with E-state index in [1.54, 1.807) is 13.3 Å². The molecule has 0 radical (unpaired) electrons. The standard InChI is InChI=1S/C11H11BrN2O/c1-8-13-7-11(12)14(8)9-5-3-4-6-10(9)15-2/h3-7H,1-2H3. The number of imidazole rings is 1. The molecule has 1 aromatic carbocycles. The van der Waals surface area contributed by atoms with Crippen molar-refractivity contribution in [1.82, 2.24) is 9.55 Å². The van der Waals surface area contributed by atoms with E-state index in [-0.39, 0.29) is 0 Å². The molecule has 0 atom stereocenters. The third kappa shape index (κ3) is 1.77. The first-order valence-corrected chi connectivity index (χ1v) is 5.36. The summed E-state index contributed by atoms with van der Waals surface area (Å²) in [5.74, 6) is 1.76. The number of benzene rings is 1. The number of aromatic nitrogens is 2. The monoisotopic (exact) mass is 266 g/mol. The van der Waals surface area contributed by atoms with Gasteiger partial charge in [-0.3, -0.25) is 4.57 Å². The highest BCUT2D eigenvalue weighted by atomic mass is 79.9. The number of rotatable bonds is 2. The van der Waals surface area contributed by atoms with Gasteiger partial charge < -0.3 is 4.74 Å². The van der Waals surface area contributed by atoms with E-state index in [1.165, 1.54) is 0 Å². The van der Waals surface area contributed by atoms with Gasteiger partial charge in [0.1, 0.15) is 16.2 Å². The zero-order chi connectivity index (χ0) is 10.8. The summed E-state index contributed by atoms with van der Waals surface area (Å²) in [5, 5.41) is 0. The molecule has 0 aliphatic rings. The summed E-state index contributed by atoms with van der Waals surface area (Å²) in [7, 11) is 1.67. The molecule has 0 amide bonds. The van der Waals surface area contributed by atoms with Crippen LogP contribution in [0, 0.1) is 6.92 Å². The second-order valence-corrected chi connectivity index (χ2v) is 3.95. The van der Waals surface area contributed by atoms with E-state index in [4.69, 9.17) is 4.74 Å². The fourth-order valence-corrected chi connectivity index (χ4v) is 2.07. The van der Waals surface area contributed by atoms with Crippen molar-refractivity contribution in [3.8, 4) is 11.4 Å². The smallest absolute Gasteiger partial charge is 0.142 e. The molecule has 0 saturated heterocycles. The predicted molar refractivity (Wildman–Crippen MR) is 62.6 cm³/mol. The maximum Gasteiger partial charge on any atom is 0.142 e. The Morgan fingerprint density at radius 1 is 1.33 bits per heavy atom. The largest absolute Gasteiger partial charge is 0.495 e. The number of aryl methyl sites for hydroxylation is 1. The lowest BCUT2D eigenvalue weighted by Gasteiger charge is -2.11. The van der Waals surface area contributed by atoms with Crippen LogP contribution < -0.4 is 4.74 Å². The van der Waals surface area contributed by atoms with E-state index in [2.05, 4.69) is 20.9 Å². The van der Waals surface area contributed by atoms with Gasteiger partial charge in [-0.1, -0.05) is 12.1 Å². The zero-order valence-corrected chi connectivity index (χ0v) is 10.2. The van der Waals surface area contributed by atoms with E-state index in [1.807, 2.05) is 35.8 Å². The van der Waals surface area contributed by atoms with Crippen molar-refractivity contribution >= 4 is 15.9 Å². The van der Waals surface area contributed by atoms with Crippen molar-refractivity contribution < 1.29 is 4.74 Å². The molecule has 0 saturated carbocycles. The molecule has 2 aromatic rings. The Kier molecular flexibility index (Phi) is 2.77. The van der Waals surface area contributed by atoms with Gasteiger partial charge >= 0.3 is 0 Å². The summed E-state index contributed by atoms with van der Waals surface area (Å²) in [4.78, 5) is 4.23. The predicted octanol–water partition coefficient (Wildman–Crippen LogP) is 2.95. The second kappa shape index (κ2) is 4.06. The maximum atomic E-state index is 5.31. The molecule has 4 heteroatoms. The van der Waals surface area contributed by atoms with Crippen LogP contribution in [-0.2, 0) is 0 Å². The van der Waals surface area contributed by atoms with Gasteiger partial charge in [0.05, 0.1) is 19.0 Å². The minimum Gasteiger partial charge on any atom is -0.495 e. The second-order valence-electron chi connectivity index (χ2n) is 3.14. The Hall–Kier alpha value is -1.29. The summed E-state index contributed by atoms with van der Waals surface area (Å²) < 4.78 is 8.23. The molecule has 3 nitrogen and oxygen atoms in total. The molecule has 0 fully saturated rings. The summed E-state index contributed by atoms with van der Waals surface area (Å²) in [6.45, 7) is 1.96. The third-order valence-corrected chi connectivity index (χ3v) is 2.78. The Labute approximate surface area is 96.8 Å². The average Bonchev–Trinajstić information content (AvgIpc) is 2.59. The lowest BCUT2D eigenvalue weighted by molar-refractivity contribution is 0.412. The van der Waals surface area contributed by atoms with E-state index >= 15 is 0 Å². The molecule has 0 unspecified atom stereocenters. The number of hydrogen-bond acceptors (Lipinski definition) is 2. The van der Waals surface area contributed by atoms with Gasteiger partial charge in [-0.15, -0.1) is 0 Å². The third-order valence-electron chi connectivity index (χ3n) is 2.22. The first-order valence-electron chi connectivity index (χ1n) is 4.57. The molecule has 0 N–H and O–H groups in total. The zero-order valence-electron chi connectivity index (χ0n) is 8.57. The first-order chi connectivity index (χ1) is 7.24. The Balaban J connectivity index is 2.63. The summed E-state index contributed by atoms with van der Waals surface area (Å²) >= 11 is 3.46. The van der Waals surface area contributed by atoms with E-state index in [9.17, 15) is 0 Å². The van der Waals surface area contributed by atoms with Crippen LogP contribution in [0.4, 0.5) is 0 Å². The number of halogens is 1. The molecule has 0 aliphatic heterocycles. The van der Waals surface area contributed by atoms with Gasteiger partial charge in [0, 0.05) is 0 Å². The molecule has 78 valence electrons. The van der Waals surface area contributed by atoms with Crippen LogP contribution in [0.25, 0.3) is 5.69 Å². The number of para-hydroxylation sites is 2. The first kappa shape index (κ1) is 10.2. The fraction of sp³-hybridized carbons (Fsp3) is 0.182. The minimum atomic E-state index is 0.833. The molecule has 0 bridgehead atoms. The molecule has 0 spiro atoms. The van der Waals surface area contributed by atoms with E-state index in [0.29, 0.717) is 0 Å². The van der Waals surface area contributed by atoms with Gasteiger partial charge in [-0.05, 0) is 35.0 Å². The van der Waals surface area contributed by atoms with Gasteiger partial charge in [-0.2, -0.15) is 0 Å². The van der Waals surface area contributed by atoms with Crippen molar-refractivity contribution in [3.05, 3.63) is 40.9 Å². The quantitative estimate of drug-likeness (QED) is 0.836. The molecule has 15 heavy (non-hydrogen) atoms. The van der Waals surface area contributed by atoms with Crippen molar-refractivity contribution in [1.29, 1.82) is 0 Å². The molecule has 0 aliphatic carbocycles. The van der Waals surface area contributed by atoms with Crippen LogP contribution in [0.3, 0.4) is 0 Å². The SMILES string of the molecule is COc1ccccc1-n1c(Br)cnc1C. The van der Waals surface area contributed by atoms with Gasteiger partial charge in [0.25, 0.3) is 0 Å². The number of hydrogen-bond donors (Lipinski definition) is 0. The van der Waals surface area contributed by atoms with Crippen LogP contribution in [0.1, 0.15) is 5.82 Å². The van der Waals surface area contributed by atoms with Crippen LogP contribution in [0.15, 0.2) is 35.1 Å². The lowest BCUT2D eigenvalue weighted by atomic mass is 10.3. The van der Waals surface area contributed by atoms with E-state index < -0.39 is 0 Å². The van der Waals surface area contributed by atoms with Crippen LogP contribution >= 0.6 is 15.9 Å². The highest BCUT2D eigenvalue weighted by Crippen LogP contribution is 2.26. The summed E-state index contributed by atoms with van der Waals surface area (Å²) in [5.41, 5.74) is 0.988. The number of methoxy groups -OCH3 is 1. The molecule has 1 aromatic heterocycles. The lowest BCUT2D eigenvalue weighted by Crippen LogP contribution is -2.00. The Morgan fingerprint density at radius 2 is 2.07 bits per heavy atom. The van der Waals surface area contributed by atoms with Gasteiger partial charge in [-0.25, -0.2) is 4.98 Å².